The molecule has 0 saturated heterocycles. The van der Waals surface area contributed by atoms with Gasteiger partial charge in [0.25, 0.3) is 0 Å². The predicted molar refractivity (Wildman–Crippen MR) is 100 cm³/mol. The number of urea groups is 1. The van der Waals surface area contributed by atoms with Crippen LogP contribution in [0, 0.1) is 0 Å². The van der Waals surface area contributed by atoms with Crippen LogP contribution in [0.15, 0.2) is 42.6 Å². The average Bonchev–Trinajstić information content (AvgIpc) is 2.64. The van der Waals surface area contributed by atoms with E-state index in [4.69, 9.17) is 4.74 Å². The summed E-state index contributed by atoms with van der Waals surface area (Å²) < 4.78 is 5.34. The largest absolute Gasteiger partial charge is 0.496 e. The number of rotatable bonds is 7. The van der Waals surface area contributed by atoms with Gasteiger partial charge in [0.15, 0.2) is 0 Å². The molecule has 1 aromatic carbocycles. The Balaban J connectivity index is 1.81. The van der Waals surface area contributed by atoms with Crippen LogP contribution in [0.1, 0.15) is 11.1 Å². The number of carbonyl (C=O) groups excluding carboxylic acids is 1. The van der Waals surface area contributed by atoms with Crippen LogP contribution in [0.25, 0.3) is 0 Å². The first-order valence-electron chi connectivity index (χ1n) is 8.24. The Morgan fingerprint density at radius 2 is 1.92 bits per heavy atom. The summed E-state index contributed by atoms with van der Waals surface area (Å²) >= 11 is 0. The second-order valence-electron chi connectivity index (χ2n) is 6.06. The summed E-state index contributed by atoms with van der Waals surface area (Å²) in [4.78, 5) is 20.2. The molecule has 0 fully saturated rings. The van der Waals surface area contributed by atoms with E-state index in [-0.39, 0.29) is 6.03 Å². The highest BCUT2D eigenvalue weighted by Crippen LogP contribution is 2.17. The number of carbonyl (C=O) groups is 1. The third-order valence-electron chi connectivity index (χ3n) is 3.97. The first-order valence-corrected chi connectivity index (χ1v) is 8.24. The lowest BCUT2D eigenvalue weighted by Crippen LogP contribution is -2.38. The number of anilines is 1. The van der Waals surface area contributed by atoms with E-state index in [1.165, 1.54) is 0 Å². The van der Waals surface area contributed by atoms with E-state index >= 15 is 0 Å². The van der Waals surface area contributed by atoms with E-state index in [0.717, 1.165) is 29.1 Å². The maximum Gasteiger partial charge on any atom is 0.317 e. The fourth-order valence-corrected chi connectivity index (χ4v) is 2.40. The molecular formula is C19H26N4O2. The molecule has 0 atom stereocenters. The van der Waals surface area contributed by atoms with Crippen molar-refractivity contribution in [3.05, 3.63) is 53.7 Å². The molecule has 0 bridgehead atoms. The highest BCUT2D eigenvalue weighted by atomic mass is 16.5. The van der Waals surface area contributed by atoms with Gasteiger partial charge in [0.1, 0.15) is 11.6 Å². The molecule has 6 heteroatoms. The van der Waals surface area contributed by atoms with E-state index in [1.807, 2.05) is 55.4 Å². The van der Waals surface area contributed by atoms with Gasteiger partial charge in [0, 0.05) is 40.4 Å². The van der Waals surface area contributed by atoms with Crippen molar-refractivity contribution in [2.75, 3.05) is 39.7 Å². The SMILES string of the molecule is COc1ccccc1CCN(C)C(=O)NCc1ccc(N(C)C)nc1. The van der Waals surface area contributed by atoms with Gasteiger partial charge in [-0.2, -0.15) is 0 Å². The third kappa shape index (κ3) is 5.38. The second-order valence-corrected chi connectivity index (χ2v) is 6.06. The van der Waals surface area contributed by atoms with Crippen molar-refractivity contribution < 1.29 is 9.53 Å². The summed E-state index contributed by atoms with van der Waals surface area (Å²) in [5.41, 5.74) is 2.06. The summed E-state index contributed by atoms with van der Waals surface area (Å²) in [6, 6.07) is 11.7. The van der Waals surface area contributed by atoms with Crippen LogP contribution >= 0.6 is 0 Å². The Hall–Kier alpha value is -2.76. The number of aromatic nitrogens is 1. The second kappa shape index (κ2) is 8.92. The number of hydrogen-bond acceptors (Lipinski definition) is 4. The van der Waals surface area contributed by atoms with Crippen molar-refractivity contribution in [2.45, 2.75) is 13.0 Å². The molecule has 0 aliphatic rings. The Morgan fingerprint density at radius 3 is 2.56 bits per heavy atom. The molecule has 0 aliphatic heterocycles. The Bertz CT molecular complexity index is 686. The minimum atomic E-state index is -0.105. The number of hydrogen-bond donors (Lipinski definition) is 1. The number of ether oxygens (including phenoxy) is 1. The van der Waals surface area contributed by atoms with Gasteiger partial charge >= 0.3 is 6.03 Å². The Morgan fingerprint density at radius 1 is 1.16 bits per heavy atom. The fraction of sp³-hybridized carbons (Fsp3) is 0.368. The number of benzene rings is 1. The minimum Gasteiger partial charge on any atom is -0.496 e. The molecule has 2 aromatic rings. The van der Waals surface area contributed by atoms with E-state index in [2.05, 4.69) is 10.3 Å². The first kappa shape index (κ1) is 18.6. The van der Waals surface area contributed by atoms with Gasteiger partial charge < -0.3 is 19.9 Å². The molecule has 25 heavy (non-hydrogen) atoms. The number of nitrogens with one attached hydrogen (secondary N) is 1. The van der Waals surface area contributed by atoms with Crippen LogP contribution in [0.5, 0.6) is 5.75 Å². The lowest BCUT2D eigenvalue weighted by atomic mass is 10.1. The van der Waals surface area contributed by atoms with Crippen molar-refractivity contribution in [2.24, 2.45) is 0 Å². The summed E-state index contributed by atoms with van der Waals surface area (Å²) in [5, 5.41) is 2.91. The maximum atomic E-state index is 12.2. The molecular weight excluding hydrogens is 316 g/mol. The summed E-state index contributed by atoms with van der Waals surface area (Å²) in [6.45, 7) is 1.07. The van der Waals surface area contributed by atoms with Crippen LogP contribution in [0.2, 0.25) is 0 Å². The van der Waals surface area contributed by atoms with Crippen LogP contribution in [0.4, 0.5) is 10.6 Å². The van der Waals surface area contributed by atoms with Crippen molar-refractivity contribution in [1.29, 1.82) is 0 Å². The van der Waals surface area contributed by atoms with Crippen LogP contribution in [-0.2, 0) is 13.0 Å². The molecule has 2 rings (SSSR count). The average molecular weight is 342 g/mol. The third-order valence-corrected chi connectivity index (χ3v) is 3.97. The van der Waals surface area contributed by atoms with E-state index in [9.17, 15) is 4.79 Å². The van der Waals surface area contributed by atoms with Crippen molar-refractivity contribution >= 4 is 11.8 Å². The summed E-state index contributed by atoms with van der Waals surface area (Å²) in [5.74, 6) is 1.74. The Labute approximate surface area is 149 Å². The Kier molecular flexibility index (Phi) is 6.62. The van der Waals surface area contributed by atoms with Gasteiger partial charge in [-0.1, -0.05) is 24.3 Å². The molecule has 0 saturated carbocycles. The zero-order chi connectivity index (χ0) is 18.2. The highest BCUT2D eigenvalue weighted by molar-refractivity contribution is 5.73. The number of methoxy groups -OCH3 is 1. The van der Waals surface area contributed by atoms with E-state index in [1.54, 1.807) is 25.3 Å². The van der Waals surface area contributed by atoms with Gasteiger partial charge in [-0.3, -0.25) is 0 Å². The molecule has 0 aliphatic carbocycles. The zero-order valence-electron chi connectivity index (χ0n) is 15.3. The fourth-order valence-electron chi connectivity index (χ4n) is 2.40. The number of amides is 2. The van der Waals surface area contributed by atoms with Crippen molar-refractivity contribution in [3.63, 3.8) is 0 Å². The normalized spacial score (nSPS) is 10.2. The first-order chi connectivity index (χ1) is 12.0. The minimum absolute atomic E-state index is 0.105. The van der Waals surface area contributed by atoms with Gasteiger partial charge in [0.2, 0.25) is 0 Å². The van der Waals surface area contributed by atoms with E-state index < -0.39 is 0 Å². The van der Waals surface area contributed by atoms with Gasteiger partial charge in [-0.15, -0.1) is 0 Å². The van der Waals surface area contributed by atoms with Gasteiger partial charge in [-0.05, 0) is 29.7 Å². The summed E-state index contributed by atoms with van der Waals surface area (Å²) in [6.07, 6.45) is 2.53. The topological polar surface area (TPSA) is 57.7 Å². The highest BCUT2D eigenvalue weighted by Gasteiger charge is 2.10. The molecule has 0 unspecified atom stereocenters. The molecule has 1 N–H and O–H groups in total. The number of pyridine rings is 1. The van der Waals surface area contributed by atoms with Gasteiger partial charge in [0.05, 0.1) is 7.11 Å². The number of para-hydroxylation sites is 1. The van der Waals surface area contributed by atoms with Crippen molar-refractivity contribution in [3.8, 4) is 5.75 Å². The predicted octanol–water partition coefficient (Wildman–Crippen LogP) is 2.54. The molecule has 0 radical (unpaired) electrons. The molecule has 1 heterocycles. The lowest BCUT2D eigenvalue weighted by Gasteiger charge is -2.19. The number of likely N-dealkylation sites (N-methyl/N-ethyl adjacent to an activating group) is 1. The van der Waals surface area contributed by atoms with Gasteiger partial charge in [-0.25, -0.2) is 9.78 Å². The quantitative estimate of drug-likeness (QED) is 0.840. The maximum absolute atomic E-state index is 12.2. The molecule has 1 aromatic heterocycles. The van der Waals surface area contributed by atoms with Crippen LogP contribution < -0.4 is 15.0 Å². The smallest absolute Gasteiger partial charge is 0.317 e. The summed E-state index contributed by atoms with van der Waals surface area (Å²) in [7, 11) is 7.34. The molecule has 2 amide bonds. The van der Waals surface area contributed by atoms with Crippen LogP contribution in [-0.4, -0.2) is 50.7 Å². The lowest BCUT2D eigenvalue weighted by molar-refractivity contribution is 0.208. The zero-order valence-corrected chi connectivity index (χ0v) is 15.3. The number of nitrogens with zero attached hydrogens (tertiary/aromatic N) is 3. The molecule has 134 valence electrons. The molecule has 6 nitrogen and oxygen atoms in total. The van der Waals surface area contributed by atoms with Crippen molar-refractivity contribution in [1.82, 2.24) is 15.2 Å². The monoisotopic (exact) mass is 342 g/mol. The molecule has 0 spiro atoms. The van der Waals surface area contributed by atoms with E-state index in [0.29, 0.717) is 13.1 Å². The standard InChI is InChI=1S/C19H26N4O2/c1-22(2)18-10-9-15(13-20-18)14-21-19(24)23(3)12-11-16-7-5-6-8-17(16)25-4/h5-10,13H,11-12,14H2,1-4H3,(H,21,24). The van der Waals surface area contributed by atoms with Crippen LogP contribution in [0.3, 0.4) is 0 Å².